The average molecular weight is 288 g/mol. The topological polar surface area (TPSA) is 108 Å². The zero-order valence-electron chi connectivity index (χ0n) is 11.4. The fraction of sp³-hybridized carbons (Fsp3) is 0.357. The van der Waals surface area contributed by atoms with Gasteiger partial charge in [0.05, 0.1) is 31.0 Å². The normalized spacial score (nSPS) is 18.7. The number of amides is 2. The van der Waals surface area contributed by atoms with Gasteiger partial charge >= 0.3 is 0 Å². The number of anilines is 1. The van der Waals surface area contributed by atoms with Gasteiger partial charge in [0.2, 0.25) is 11.8 Å². The number of nitriles is 1. The summed E-state index contributed by atoms with van der Waals surface area (Å²) in [6, 6.07) is 8.14. The number of nitrogens with one attached hydrogen (secondary N) is 1. The summed E-state index contributed by atoms with van der Waals surface area (Å²) >= 11 is 0. The molecular formula is C14H16N4O3. The van der Waals surface area contributed by atoms with Gasteiger partial charge in [-0.3, -0.25) is 14.5 Å². The number of carbonyl (C=O) groups is 2. The number of carbonyl (C=O) groups excluding carboxylic acids is 2. The van der Waals surface area contributed by atoms with Crippen LogP contribution in [0.5, 0.6) is 0 Å². The van der Waals surface area contributed by atoms with E-state index in [2.05, 4.69) is 5.32 Å². The Kier molecular flexibility index (Phi) is 4.87. The van der Waals surface area contributed by atoms with E-state index in [4.69, 9.17) is 15.7 Å². The molecule has 1 heterocycles. The van der Waals surface area contributed by atoms with Gasteiger partial charge in [-0.25, -0.2) is 0 Å². The van der Waals surface area contributed by atoms with Crippen molar-refractivity contribution in [3.8, 4) is 6.07 Å². The predicted octanol–water partition coefficient (Wildman–Crippen LogP) is -0.317. The van der Waals surface area contributed by atoms with Crippen LogP contribution >= 0.6 is 0 Å². The van der Waals surface area contributed by atoms with Gasteiger partial charge in [0.25, 0.3) is 0 Å². The molecule has 0 aromatic heterocycles. The first kappa shape index (κ1) is 15.0. The monoisotopic (exact) mass is 288 g/mol. The van der Waals surface area contributed by atoms with E-state index < -0.39 is 11.9 Å². The number of para-hydroxylation sites is 1. The Morgan fingerprint density at radius 1 is 1.48 bits per heavy atom. The van der Waals surface area contributed by atoms with E-state index in [0.717, 1.165) is 0 Å². The fourth-order valence-electron chi connectivity index (χ4n) is 2.15. The third-order valence-corrected chi connectivity index (χ3v) is 3.24. The summed E-state index contributed by atoms with van der Waals surface area (Å²) in [5.41, 5.74) is 6.14. The summed E-state index contributed by atoms with van der Waals surface area (Å²) in [5, 5.41) is 11.7. The minimum atomic E-state index is -0.601. The van der Waals surface area contributed by atoms with Crippen LogP contribution in [-0.4, -0.2) is 49.1 Å². The third-order valence-electron chi connectivity index (χ3n) is 3.24. The molecule has 110 valence electrons. The molecule has 21 heavy (non-hydrogen) atoms. The lowest BCUT2D eigenvalue weighted by molar-refractivity contribution is -0.131. The van der Waals surface area contributed by atoms with Crippen LogP contribution in [0.1, 0.15) is 5.56 Å². The van der Waals surface area contributed by atoms with Crippen LogP contribution in [0.15, 0.2) is 24.3 Å². The van der Waals surface area contributed by atoms with E-state index in [9.17, 15) is 9.59 Å². The van der Waals surface area contributed by atoms with Crippen molar-refractivity contribution in [2.45, 2.75) is 6.04 Å². The highest BCUT2D eigenvalue weighted by Gasteiger charge is 2.29. The number of rotatable bonds is 4. The first-order chi connectivity index (χ1) is 10.1. The molecule has 0 bridgehead atoms. The van der Waals surface area contributed by atoms with Crippen LogP contribution in [0.25, 0.3) is 0 Å². The molecule has 1 saturated heterocycles. The molecular weight excluding hydrogens is 272 g/mol. The first-order valence-corrected chi connectivity index (χ1v) is 6.52. The van der Waals surface area contributed by atoms with E-state index >= 15 is 0 Å². The molecule has 0 radical (unpaired) electrons. The van der Waals surface area contributed by atoms with Crippen molar-refractivity contribution < 1.29 is 14.3 Å². The van der Waals surface area contributed by atoms with Gasteiger partial charge in [0, 0.05) is 6.54 Å². The minimum absolute atomic E-state index is 0.0245. The molecule has 3 N–H and O–H groups in total. The Bertz CT molecular complexity index is 582. The van der Waals surface area contributed by atoms with Gasteiger partial charge in [0.15, 0.2) is 0 Å². The molecule has 0 aliphatic carbocycles. The maximum absolute atomic E-state index is 12.1. The first-order valence-electron chi connectivity index (χ1n) is 6.52. The van der Waals surface area contributed by atoms with E-state index in [1.165, 1.54) is 0 Å². The Morgan fingerprint density at radius 2 is 2.24 bits per heavy atom. The molecule has 1 aliphatic heterocycles. The molecule has 7 nitrogen and oxygen atoms in total. The van der Waals surface area contributed by atoms with Crippen LogP contribution < -0.4 is 11.1 Å². The van der Waals surface area contributed by atoms with Gasteiger partial charge in [-0.2, -0.15) is 5.26 Å². The van der Waals surface area contributed by atoms with Crippen LogP contribution in [0.3, 0.4) is 0 Å². The smallest absolute Gasteiger partial charge is 0.238 e. The number of hydrogen-bond acceptors (Lipinski definition) is 5. The summed E-state index contributed by atoms with van der Waals surface area (Å²) in [6.45, 7) is 1.13. The maximum atomic E-state index is 12.1. The number of hydrogen-bond donors (Lipinski definition) is 2. The van der Waals surface area contributed by atoms with Crippen molar-refractivity contribution >= 4 is 17.5 Å². The second kappa shape index (κ2) is 6.83. The van der Waals surface area contributed by atoms with Crippen molar-refractivity contribution in [2.24, 2.45) is 5.73 Å². The zero-order chi connectivity index (χ0) is 15.2. The number of morpholine rings is 1. The van der Waals surface area contributed by atoms with Gasteiger partial charge in [-0.05, 0) is 12.1 Å². The van der Waals surface area contributed by atoms with E-state index in [-0.39, 0.29) is 19.1 Å². The quantitative estimate of drug-likeness (QED) is 0.789. The Balaban J connectivity index is 2.01. The summed E-state index contributed by atoms with van der Waals surface area (Å²) in [6.07, 6.45) is 0. The molecule has 1 aromatic rings. The van der Waals surface area contributed by atoms with E-state index in [1.807, 2.05) is 6.07 Å². The van der Waals surface area contributed by atoms with Crippen molar-refractivity contribution in [1.29, 1.82) is 5.26 Å². The molecule has 1 unspecified atom stereocenters. The standard InChI is InChI=1S/C14H16N4O3/c15-7-10-3-1-2-4-11(10)17-13(19)8-18-5-6-21-9-12(18)14(16)20/h1-4,12H,5-6,8-9H2,(H2,16,20)(H,17,19). The highest BCUT2D eigenvalue weighted by Crippen LogP contribution is 2.14. The second-order valence-corrected chi connectivity index (χ2v) is 4.67. The second-order valence-electron chi connectivity index (χ2n) is 4.67. The highest BCUT2D eigenvalue weighted by molar-refractivity contribution is 5.94. The maximum Gasteiger partial charge on any atom is 0.238 e. The van der Waals surface area contributed by atoms with Gasteiger partial charge < -0.3 is 15.8 Å². The SMILES string of the molecule is N#Cc1ccccc1NC(=O)CN1CCOCC1C(N)=O. The lowest BCUT2D eigenvalue weighted by atomic mass is 10.2. The van der Waals surface area contributed by atoms with E-state index in [0.29, 0.717) is 24.4 Å². The fourth-order valence-corrected chi connectivity index (χ4v) is 2.15. The third kappa shape index (κ3) is 3.78. The predicted molar refractivity (Wildman–Crippen MR) is 75.2 cm³/mol. The molecule has 0 saturated carbocycles. The Labute approximate surface area is 122 Å². The number of nitrogens with two attached hydrogens (primary N) is 1. The molecule has 1 aromatic carbocycles. The minimum Gasteiger partial charge on any atom is -0.378 e. The zero-order valence-corrected chi connectivity index (χ0v) is 11.4. The summed E-state index contributed by atoms with van der Waals surface area (Å²) in [4.78, 5) is 25.1. The molecule has 2 amide bonds. The number of benzene rings is 1. The summed E-state index contributed by atoms with van der Waals surface area (Å²) in [7, 11) is 0. The summed E-state index contributed by atoms with van der Waals surface area (Å²) in [5.74, 6) is -0.814. The number of ether oxygens (including phenoxy) is 1. The van der Waals surface area contributed by atoms with Gasteiger partial charge in [-0.1, -0.05) is 12.1 Å². The van der Waals surface area contributed by atoms with Crippen molar-refractivity contribution in [2.75, 3.05) is 31.6 Å². The lowest BCUT2D eigenvalue weighted by Crippen LogP contribution is -2.54. The molecule has 2 rings (SSSR count). The average Bonchev–Trinajstić information content (AvgIpc) is 2.48. The van der Waals surface area contributed by atoms with Crippen molar-refractivity contribution in [1.82, 2.24) is 4.90 Å². The van der Waals surface area contributed by atoms with Crippen molar-refractivity contribution in [3.63, 3.8) is 0 Å². The van der Waals surface area contributed by atoms with Gasteiger partial charge in [-0.15, -0.1) is 0 Å². The molecule has 1 atom stereocenters. The van der Waals surface area contributed by atoms with Crippen molar-refractivity contribution in [3.05, 3.63) is 29.8 Å². The highest BCUT2D eigenvalue weighted by atomic mass is 16.5. The van der Waals surface area contributed by atoms with Crippen LogP contribution in [0, 0.1) is 11.3 Å². The van der Waals surface area contributed by atoms with Gasteiger partial charge in [0.1, 0.15) is 12.1 Å². The number of nitrogens with zero attached hydrogens (tertiary/aromatic N) is 2. The molecule has 7 heteroatoms. The van der Waals surface area contributed by atoms with Crippen LogP contribution in [0.2, 0.25) is 0 Å². The van der Waals surface area contributed by atoms with Crippen LogP contribution in [0.4, 0.5) is 5.69 Å². The molecule has 0 spiro atoms. The Hall–Kier alpha value is -2.43. The Morgan fingerprint density at radius 3 is 2.95 bits per heavy atom. The lowest BCUT2D eigenvalue weighted by Gasteiger charge is -2.32. The number of primary amides is 1. The summed E-state index contributed by atoms with van der Waals surface area (Å²) < 4.78 is 5.19. The largest absolute Gasteiger partial charge is 0.378 e. The van der Waals surface area contributed by atoms with Crippen LogP contribution in [-0.2, 0) is 14.3 Å². The molecule has 1 fully saturated rings. The van der Waals surface area contributed by atoms with E-state index in [1.54, 1.807) is 29.2 Å². The molecule has 1 aliphatic rings.